The zero-order chi connectivity index (χ0) is 18.6. The Morgan fingerprint density at radius 2 is 1.69 bits per heavy atom. The van der Waals surface area contributed by atoms with Crippen LogP contribution in [0.4, 0.5) is 11.4 Å². The van der Waals surface area contributed by atoms with Crippen LogP contribution < -0.4 is 9.38 Å². The molecular weight excluding hydrogens is 320 g/mol. The van der Waals surface area contributed by atoms with Crippen molar-refractivity contribution in [2.24, 2.45) is 0 Å². The van der Waals surface area contributed by atoms with Gasteiger partial charge in [0.05, 0.1) is 27.7 Å². The van der Waals surface area contributed by atoms with Crippen LogP contribution >= 0.6 is 0 Å². The summed E-state index contributed by atoms with van der Waals surface area (Å²) in [6, 6.07) is 17.5. The Morgan fingerprint density at radius 3 is 2.38 bits per heavy atom. The van der Waals surface area contributed by atoms with Gasteiger partial charge in [-0.25, -0.2) is 0 Å². The highest BCUT2D eigenvalue weighted by atomic mass is 16.5. The zero-order valence-corrected chi connectivity index (χ0v) is 16.5. The lowest BCUT2D eigenvalue weighted by Crippen LogP contribution is -2.51. The first kappa shape index (κ1) is 17.3. The zero-order valence-electron chi connectivity index (χ0n) is 16.5. The Hall–Kier alpha value is -2.10. The van der Waals surface area contributed by atoms with Gasteiger partial charge >= 0.3 is 0 Å². The molecule has 0 spiro atoms. The van der Waals surface area contributed by atoms with Gasteiger partial charge < -0.3 is 9.64 Å². The first-order valence-corrected chi connectivity index (χ1v) is 9.38. The summed E-state index contributed by atoms with van der Waals surface area (Å²) in [5, 5.41) is 0. The predicted molar refractivity (Wildman–Crippen MR) is 111 cm³/mol. The van der Waals surface area contributed by atoms with E-state index in [0.717, 1.165) is 17.6 Å². The molecule has 0 N–H and O–H groups in total. The SMILES string of the molecule is CC1(C)c2ccccc2N2CCOC21C=Cc1ccc([N+](C)(C)C)cc1. The second-order valence-electron chi connectivity index (χ2n) is 8.78. The summed E-state index contributed by atoms with van der Waals surface area (Å²) in [6.45, 7) is 6.29. The molecule has 0 bridgehead atoms. The van der Waals surface area contributed by atoms with Gasteiger partial charge in [-0.15, -0.1) is 0 Å². The Kier molecular flexibility index (Phi) is 3.80. The molecule has 26 heavy (non-hydrogen) atoms. The lowest BCUT2D eigenvalue weighted by Gasteiger charge is -2.39. The number of hydrogen-bond acceptors (Lipinski definition) is 2. The monoisotopic (exact) mass is 349 g/mol. The van der Waals surface area contributed by atoms with Gasteiger partial charge in [-0.1, -0.05) is 38.1 Å². The highest BCUT2D eigenvalue weighted by Gasteiger charge is 2.58. The van der Waals surface area contributed by atoms with Crippen molar-refractivity contribution in [3.05, 3.63) is 65.7 Å². The van der Waals surface area contributed by atoms with Crippen LogP contribution in [0.1, 0.15) is 25.0 Å². The van der Waals surface area contributed by atoms with E-state index in [-0.39, 0.29) is 5.41 Å². The summed E-state index contributed by atoms with van der Waals surface area (Å²) in [5.74, 6) is 0. The molecule has 1 atom stereocenters. The van der Waals surface area contributed by atoms with Crippen molar-refractivity contribution >= 4 is 17.5 Å². The molecule has 0 radical (unpaired) electrons. The summed E-state index contributed by atoms with van der Waals surface area (Å²) in [5.41, 5.74) is 4.67. The molecule has 1 fully saturated rings. The molecule has 0 aromatic heterocycles. The minimum Gasteiger partial charge on any atom is -0.349 e. The number of rotatable bonds is 3. The molecule has 2 aliphatic heterocycles. The number of benzene rings is 2. The van der Waals surface area contributed by atoms with Gasteiger partial charge in [0.2, 0.25) is 0 Å². The number of hydrogen-bond donors (Lipinski definition) is 0. The van der Waals surface area contributed by atoms with Gasteiger partial charge in [0.1, 0.15) is 5.69 Å². The van der Waals surface area contributed by atoms with Crippen LogP contribution in [-0.2, 0) is 10.2 Å². The van der Waals surface area contributed by atoms with Crippen molar-refractivity contribution < 1.29 is 4.74 Å². The quantitative estimate of drug-likeness (QED) is 0.761. The molecular formula is C23H29N2O+. The molecule has 0 aliphatic carbocycles. The molecule has 0 amide bonds. The third-order valence-corrected chi connectivity index (χ3v) is 5.97. The molecule has 1 unspecified atom stereocenters. The maximum absolute atomic E-state index is 6.40. The second-order valence-corrected chi connectivity index (χ2v) is 8.78. The molecule has 2 aromatic carbocycles. The van der Waals surface area contributed by atoms with Crippen LogP contribution in [0, 0.1) is 0 Å². The largest absolute Gasteiger partial charge is 0.349 e. The second kappa shape index (κ2) is 5.70. The first-order valence-electron chi connectivity index (χ1n) is 9.38. The highest BCUT2D eigenvalue weighted by Crippen LogP contribution is 2.54. The number of anilines is 1. The summed E-state index contributed by atoms with van der Waals surface area (Å²) >= 11 is 0. The van der Waals surface area contributed by atoms with E-state index in [1.165, 1.54) is 22.5 Å². The Balaban J connectivity index is 1.70. The number of fused-ring (bicyclic) bond motifs is 3. The summed E-state index contributed by atoms with van der Waals surface area (Å²) < 4.78 is 7.22. The van der Waals surface area contributed by atoms with Crippen LogP contribution in [0.5, 0.6) is 0 Å². The van der Waals surface area contributed by atoms with E-state index in [0.29, 0.717) is 0 Å². The van der Waals surface area contributed by atoms with Crippen LogP contribution in [0.2, 0.25) is 0 Å². The van der Waals surface area contributed by atoms with Crippen molar-refractivity contribution in [3.8, 4) is 0 Å². The average molecular weight is 349 g/mol. The number of para-hydroxylation sites is 1. The van der Waals surface area contributed by atoms with Gasteiger partial charge in [-0.05, 0) is 47.5 Å². The molecule has 1 saturated heterocycles. The molecule has 2 aliphatic rings. The van der Waals surface area contributed by atoms with E-state index in [1.807, 2.05) is 0 Å². The van der Waals surface area contributed by atoms with E-state index in [1.54, 1.807) is 0 Å². The smallest absolute Gasteiger partial charge is 0.170 e. The van der Waals surface area contributed by atoms with Crippen LogP contribution in [-0.4, -0.2) is 40.0 Å². The number of nitrogens with zero attached hydrogens (tertiary/aromatic N) is 2. The number of quaternary nitrogens is 1. The molecule has 136 valence electrons. The topological polar surface area (TPSA) is 12.5 Å². The van der Waals surface area contributed by atoms with Crippen LogP contribution in [0.3, 0.4) is 0 Å². The van der Waals surface area contributed by atoms with Gasteiger partial charge in [-0.3, -0.25) is 4.48 Å². The summed E-state index contributed by atoms with van der Waals surface area (Å²) in [4.78, 5) is 2.43. The fourth-order valence-electron chi connectivity index (χ4n) is 4.37. The standard InChI is InChI=1S/C23H29N2O/c1-22(2)20-8-6-7-9-21(20)24-16-17-26-23(22,24)15-14-18-10-12-19(13-11-18)25(3,4)5/h6-15H,16-17H2,1-5H3/q+1. The van der Waals surface area contributed by atoms with E-state index >= 15 is 0 Å². The van der Waals surface area contributed by atoms with Crippen LogP contribution in [0.25, 0.3) is 6.08 Å². The predicted octanol–water partition coefficient (Wildman–Crippen LogP) is 4.42. The van der Waals surface area contributed by atoms with Gasteiger partial charge in [-0.2, -0.15) is 0 Å². The Morgan fingerprint density at radius 1 is 1.00 bits per heavy atom. The molecule has 2 aromatic rings. The van der Waals surface area contributed by atoms with Crippen LogP contribution in [0.15, 0.2) is 54.6 Å². The lowest BCUT2D eigenvalue weighted by molar-refractivity contribution is 0.000337. The maximum atomic E-state index is 6.40. The molecule has 2 heterocycles. The molecule has 3 heteroatoms. The average Bonchev–Trinajstić information content (AvgIpc) is 3.11. The fourth-order valence-corrected chi connectivity index (χ4v) is 4.37. The lowest BCUT2D eigenvalue weighted by atomic mass is 9.77. The molecule has 3 nitrogen and oxygen atoms in total. The van der Waals surface area contributed by atoms with E-state index in [2.05, 4.69) is 101 Å². The first-order chi connectivity index (χ1) is 12.3. The van der Waals surface area contributed by atoms with Crippen molar-refractivity contribution in [3.63, 3.8) is 0 Å². The third-order valence-electron chi connectivity index (χ3n) is 5.97. The Labute approximate surface area is 157 Å². The van der Waals surface area contributed by atoms with Crippen molar-refractivity contribution in [1.29, 1.82) is 0 Å². The van der Waals surface area contributed by atoms with E-state index in [9.17, 15) is 0 Å². The normalized spacial score (nSPS) is 24.1. The van der Waals surface area contributed by atoms with E-state index < -0.39 is 5.72 Å². The molecule has 4 rings (SSSR count). The Bertz CT molecular complexity index is 845. The van der Waals surface area contributed by atoms with Crippen molar-refractivity contribution in [2.75, 3.05) is 39.2 Å². The summed E-state index contributed by atoms with van der Waals surface area (Å²) in [7, 11) is 6.56. The van der Waals surface area contributed by atoms with E-state index in [4.69, 9.17) is 4.74 Å². The molecule has 0 saturated carbocycles. The van der Waals surface area contributed by atoms with Gasteiger partial charge in [0.15, 0.2) is 5.72 Å². The minimum atomic E-state index is -0.407. The van der Waals surface area contributed by atoms with Crippen molar-refractivity contribution in [1.82, 2.24) is 4.48 Å². The highest BCUT2D eigenvalue weighted by molar-refractivity contribution is 5.70. The number of ether oxygens (including phenoxy) is 1. The van der Waals surface area contributed by atoms with Crippen molar-refractivity contribution in [2.45, 2.75) is 25.0 Å². The fraction of sp³-hybridized carbons (Fsp3) is 0.391. The van der Waals surface area contributed by atoms with Gasteiger partial charge in [0, 0.05) is 17.6 Å². The maximum Gasteiger partial charge on any atom is 0.170 e. The minimum absolute atomic E-state index is 0.0984. The van der Waals surface area contributed by atoms with Gasteiger partial charge in [0.25, 0.3) is 0 Å². The third kappa shape index (κ3) is 2.42. The summed E-state index contributed by atoms with van der Waals surface area (Å²) in [6.07, 6.45) is 4.48.